The SMILES string of the molecule is N#Cc1c(N)[nH]c(=O)c(C#N)c1-c1ccc(-c2ccc(C=O)c(O)c2)cc1. The van der Waals surface area contributed by atoms with Gasteiger partial charge in [0.2, 0.25) is 0 Å². The zero-order chi connectivity index (χ0) is 19.6. The molecular weight excluding hydrogens is 344 g/mol. The Morgan fingerprint density at radius 1 is 0.963 bits per heavy atom. The number of aromatic nitrogens is 1. The van der Waals surface area contributed by atoms with E-state index in [1.165, 1.54) is 12.1 Å². The van der Waals surface area contributed by atoms with Gasteiger partial charge in [0, 0.05) is 5.56 Å². The van der Waals surface area contributed by atoms with Gasteiger partial charge < -0.3 is 15.8 Å². The highest BCUT2D eigenvalue weighted by molar-refractivity contribution is 5.83. The minimum absolute atomic E-state index is 0.0203. The van der Waals surface area contributed by atoms with E-state index in [2.05, 4.69) is 4.98 Å². The quantitative estimate of drug-likeness (QED) is 0.615. The van der Waals surface area contributed by atoms with E-state index < -0.39 is 5.56 Å². The molecule has 1 aromatic heterocycles. The fraction of sp³-hybridized carbons (Fsp3) is 0. The zero-order valence-electron chi connectivity index (χ0n) is 13.9. The number of phenols is 1. The Morgan fingerprint density at radius 3 is 2.11 bits per heavy atom. The second-order valence-corrected chi connectivity index (χ2v) is 5.69. The number of H-pyrrole nitrogens is 1. The van der Waals surface area contributed by atoms with Crippen LogP contribution in [0.25, 0.3) is 22.3 Å². The first-order valence-corrected chi connectivity index (χ1v) is 7.75. The predicted octanol–water partition coefficient (Wildman–Crippen LogP) is 2.55. The molecule has 0 spiro atoms. The molecule has 0 saturated carbocycles. The highest BCUT2D eigenvalue weighted by Gasteiger charge is 2.18. The molecule has 0 saturated heterocycles. The minimum atomic E-state index is -0.664. The van der Waals surface area contributed by atoms with E-state index in [9.17, 15) is 25.2 Å². The molecule has 0 aliphatic heterocycles. The van der Waals surface area contributed by atoms with Crippen molar-refractivity contribution in [2.45, 2.75) is 0 Å². The number of phenolic OH excluding ortho intramolecular Hbond substituents is 1. The minimum Gasteiger partial charge on any atom is -0.507 e. The Morgan fingerprint density at radius 2 is 1.56 bits per heavy atom. The van der Waals surface area contributed by atoms with Gasteiger partial charge in [-0.2, -0.15) is 10.5 Å². The van der Waals surface area contributed by atoms with Gasteiger partial charge in [-0.25, -0.2) is 0 Å². The van der Waals surface area contributed by atoms with Gasteiger partial charge in [0.05, 0.1) is 5.56 Å². The fourth-order valence-corrected chi connectivity index (χ4v) is 2.78. The van der Waals surface area contributed by atoms with E-state index >= 15 is 0 Å². The van der Waals surface area contributed by atoms with Gasteiger partial charge in [-0.05, 0) is 28.8 Å². The second-order valence-electron chi connectivity index (χ2n) is 5.69. The van der Waals surface area contributed by atoms with Crippen molar-refractivity contribution >= 4 is 12.1 Å². The van der Waals surface area contributed by atoms with Gasteiger partial charge >= 0.3 is 0 Å². The number of rotatable bonds is 3. The third-order valence-corrected chi connectivity index (χ3v) is 4.13. The van der Waals surface area contributed by atoms with Gasteiger partial charge in [-0.15, -0.1) is 0 Å². The summed E-state index contributed by atoms with van der Waals surface area (Å²) in [5.74, 6) is -0.234. The number of carbonyl (C=O) groups excluding carboxylic acids is 1. The van der Waals surface area contributed by atoms with Gasteiger partial charge in [0.25, 0.3) is 5.56 Å². The second kappa shape index (κ2) is 6.87. The third kappa shape index (κ3) is 3.01. The number of aldehydes is 1. The highest BCUT2D eigenvalue weighted by atomic mass is 16.3. The van der Waals surface area contributed by atoms with Crippen molar-refractivity contribution in [2.24, 2.45) is 0 Å². The Balaban J connectivity index is 2.14. The van der Waals surface area contributed by atoms with Crippen molar-refractivity contribution in [1.29, 1.82) is 10.5 Å². The number of nitriles is 2. The molecule has 0 aliphatic carbocycles. The Bertz CT molecular complexity index is 1200. The molecule has 0 unspecified atom stereocenters. The van der Waals surface area contributed by atoms with Crippen molar-refractivity contribution in [1.82, 2.24) is 4.98 Å². The lowest BCUT2D eigenvalue weighted by atomic mass is 9.94. The molecule has 2 aromatic carbocycles. The smallest absolute Gasteiger partial charge is 0.268 e. The molecule has 0 fully saturated rings. The molecule has 4 N–H and O–H groups in total. The fourth-order valence-electron chi connectivity index (χ4n) is 2.78. The van der Waals surface area contributed by atoms with Crippen LogP contribution in [-0.4, -0.2) is 16.4 Å². The van der Waals surface area contributed by atoms with Gasteiger partial charge in [0.1, 0.15) is 34.8 Å². The van der Waals surface area contributed by atoms with Crippen LogP contribution in [0.4, 0.5) is 5.82 Å². The molecule has 3 aromatic rings. The maximum absolute atomic E-state index is 12.0. The van der Waals surface area contributed by atoms with Crippen LogP contribution in [0.2, 0.25) is 0 Å². The van der Waals surface area contributed by atoms with Crippen LogP contribution in [0.5, 0.6) is 5.75 Å². The number of nitrogens with two attached hydrogens (primary N) is 1. The first-order chi connectivity index (χ1) is 13.0. The molecule has 3 rings (SSSR count). The van der Waals surface area contributed by atoms with Gasteiger partial charge in [-0.1, -0.05) is 30.3 Å². The van der Waals surface area contributed by atoms with Crippen LogP contribution in [0.3, 0.4) is 0 Å². The van der Waals surface area contributed by atoms with Crippen molar-refractivity contribution < 1.29 is 9.90 Å². The summed E-state index contributed by atoms with van der Waals surface area (Å²) in [5.41, 5.74) is 7.14. The summed E-state index contributed by atoms with van der Waals surface area (Å²) in [6, 6.07) is 15.1. The van der Waals surface area contributed by atoms with E-state index in [4.69, 9.17) is 5.73 Å². The zero-order valence-corrected chi connectivity index (χ0v) is 13.9. The molecule has 0 atom stereocenters. The summed E-state index contributed by atoms with van der Waals surface area (Å²) < 4.78 is 0. The van der Waals surface area contributed by atoms with Gasteiger partial charge in [0.15, 0.2) is 6.29 Å². The average molecular weight is 356 g/mol. The first kappa shape index (κ1) is 17.5. The number of aromatic amines is 1. The standard InChI is InChI=1S/C20H12N4O3/c21-8-15-18(16(9-22)20(27)24-19(15)23)12-3-1-11(2-4-12)13-5-6-14(10-25)17(26)7-13/h1-7,10,26H,(H3,23,24,27). The number of anilines is 1. The van der Waals surface area contributed by atoms with E-state index in [1.54, 1.807) is 30.3 Å². The number of nitrogen functional groups attached to an aromatic ring is 1. The molecular formula is C20H12N4O3. The molecule has 0 radical (unpaired) electrons. The number of nitrogens with one attached hydrogen (secondary N) is 1. The lowest BCUT2D eigenvalue weighted by molar-refractivity contribution is 0.112. The van der Waals surface area contributed by atoms with Crippen LogP contribution in [0, 0.1) is 22.7 Å². The molecule has 0 aliphatic rings. The lowest BCUT2D eigenvalue weighted by Gasteiger charge is -2.10. The Kier molecular flexibility index (Phi) is 4.44. The molecule has 130 valence electrons. The predicted molar refractivity (Wildman–Crippen MR) is 98.8 cm³/mol. The monoisotopic (exact) mass is 356 g/mol. The number of hydrogen-bond donors (Lipinski definition) is 3. The summed E-state index contributed by atoms with van der Waals surface area (Å²) in [6.07, 6.45) is 0.562. The lowest BCUT2D eigenvalue weighted by Crippen LogP contribution is -2.16. The summed E-state index contributed by atoms with van der Waals surface area (Å²) in [6.45, 7) is 0. The normalized spacial score (nSPS) is 10.0. The molecule has 27 heavy (non-hydrogen) atoms. The number of carbonyl (C=O) groups is 1. The summed E-state index contributed by atoms with van der Waals surface area (Å²) >= 11 is 0. The molecule has 0 bridgehead atoms. The maximum atomic E-state index is 12.0. The van der Waals surface area contributed by atoms with Crippen LogP contribution in [0.15, 0.2) is 47.3 Å². The number of hydrogen-bond acceptors (Lipinski definition) is 6. The van der Waals surface area contributed by atoms with E-state index in [0.717, 1.165) is 5.56 Å². The van der Waals surface area contributed by atoms with Crippen molar-refractivity contribution in [2.75, 3.05) is 5.73 Å². The average Bonchev–Trinajstić information content (AvgIpc) is 2.67. The topological polar surface area (TPSA) is 144 Å². The van der Waals surface area contributed by atoms with Crippen LogP contribution < -0.4 is 11.3 Å². The van der Waals surface area contributed by atoms with Crippen molar-refractivity contribution in [3.63, 3.8) is 0 Å². The number of nitrogens with zero attached hydrogens (tertiary/aromatic N) is 2. The van der Waals surface area contributed by atoms with Gasteiger partial charge in [-0.3, -0.25) is 9.59 Å². The van der Waals surface area contributed by atoms with E-state index in [0.29, 0.717) is 17.4 Å². The summed E-state index contributed by atoms with van der Waals surface area (Å²) in [5, 5.41) is 28.5. The van der Waals surface area contributed by atoms with E-state index in [-0.39, 0.29) is 33.8 Å². The van der Waals surface area contributed by atoms with Crippen molar-refractivity contribution in [3.8, 4) is 40.1 Å². The van der Waals surface area contributed by atoms with E-state index in [1.807, 2.05) is 12.1 Å². The van der Waals surface area contributed by atoms with Crippen molar-refractivity contribution in [3.05, 3.63) is 69.5 Å². The van der Waals surface area contributed by atoms with Crippen LogP contribution in [0.1, 0.15) is 21.5 Å². The Labute approximate surface area is 153 Å². The highest BCUT2D eigenvalue weighted by Crippen LogP contribution is 2.31. The van der Waals surface area contributed by atoms with Crippen LogP contribution in [-0.2, 0) is 0 Å². The third-order valence-electron chi connectivity index (χ3n) is 4.13. The largest absolute Gasteiger partial charge is 0.507 e. The first-order valence-electron chi connectivity index (χ1n) is 7.75. The van der Waals surface area contributed by atoms with Crippen LogP contribution >= 0.6 is 0 Å². The molecule has 7 heteroatoms. The number of aromatic hydroxyl groups is 1. The number of pyridine rings is 1. The maximum Gasteiger partial charge on any atom is 0.268 e. The summed E-state index contributed by atoms with van der Waals surface area (Å²) in [4.78, 5) is 25.1. The molecule has 0 amide bonds. The molecule has 1 heterocycles. The molecule has 7 nitrogen and oxygen atoms in total. The summed E-state index contributed by atoms with van der Waals surface area (Å²) in [7, 11) is 0. The number of benzene rings is 2. The Hall–Kier alpha value is -4.36.